The predicted molar refractivity (Wildman–Crippen MR) is 63.0 cm³/mol. The van der Waals surface area contributed by atoms with Gasteiger partial charge in [0.05, 0.1) is 11.6 Å². The summed E-state index contributed by atoms with van der Waals surface area (Å²) in [6.07, 6.45) is 0. The standard InChI is InChI=1S/C8H9Cl2O3PS.K/c1-2-12-14(11,15)13-8-4-3-6(9)5-7(8)10;/h3-5H,2H2,1H3,(H,11,15);/q;+1/p-1. The van der Waals surface area contributed by atoms with E-state index in [0.29, 0.717) is 5.02 Å². The molecule has 1 rings (SSSR count). The van der Waals surface area contributed by atoms with E-state index in [1.54, 1.807) is 13.0 Å². The SMILES string of the molecule is CCOP([O-])(=S)Oc1ccc(Cl)cc1Cl.[K+]. The zero-order valence-corrected chi connectivity index (χ0v) is 15.1. The molecule has 0 saturated heterocycles. The molecule has 16 heavy (non-hydrogen) atoms. The van der Waals surface area contributed by atoms with Gasteiger partial charge in [-0.3, -0.25) is 0 Å². The van der Waals surface area contributed by atoms with E-state index in [-0.39, 0.29) is 68.8 Å². The van der Waals surface area contributed by atoms with Crippen molar-refractivity contribution in [3.63, 3.8) is 0 Å². The molecule has 84 valence electrons. The number of benzene rings is 1. The number of halogens is 2. The fourth-order valence-corrected chi connectivity index (χ4v) is 2.68. The van der Waals surface area contributed by atoms with E-state index in [0.717, 1.165) is 0 Å². The minimum atomic E-state index is -3.50. The van der Waals surface area contributed by atoms with Crippen molar-refractivity contribution in [2.75, 3.05) is 6.61 Å². The van der Waals surface area contributed by atoms with E-state index in [9.17, 15) is 4.89 Å². The number of hydrogen-bond acceptors (Lipinski definition) is 4. The number of hydrogen-bond donors (Lipinski definition) is 0. The molecule has 0 aliphatic carbocycles. The summed E-state index contributed by atoms with van der Waals surface area (Å²) in [5.41, 5.74) is 0. The third kappa shape index (κ3) is 6.11. The normalized spacial score (nSPS) is 13.8. The minimum absolute atomic E-state index is 0. The Bertz CT molecular complexity index is 405. The summed E-state index contributed by atoms with van der Waals surface area (Å²) < 4.78 is 9.76. The van der Waals surface area contributed by atoms with Gasteiger partial charge in [-0.15, -0.1) is 0 Å². The van der Waals surface area contributed by atoms with Crippen molar-refractivity contribution < 1.29 is 65.3 Å². The van der Waals surface area contributed by atoms with Crippen molar-refractivity contribution in [3.8, 4) is 5.75 Å². The van der Waals surface area contributed by atoms with Crippen LogP contribution in [0, 0.1) is 0 Å². The summed E-state index contributed by atoms with van der Waals surface area (Å²) >= 11 is 16.1. The first-order chi connectivity index (χ1) is 6.94. The largest absolute Gasteiger partial charge is 1.00 e. The van der Waals surface area contributed by atoms with Gasteiger partial charge in [0.1, 0.15) is 5.75 Å². The van der Waals surface area contributed by atoms with Crippen LogP contribution in [0.1, 0.15) is 6.92 Å². The number of rotatable bonds is 4. The molecule has 1 aromatic carbocycles. The molecular formula is C8H8Cl2KO3PS. The van der Waals surface area contributed by atoms with Crippen molar-refractivity contribution in [1.82, 2.24) is 0 Å². The molecule has 0 heterocycles. The van der Waals surface area contributed by atoms with Gasteiger partial charge < -0.3 is 13.9 Å². The van der Waals surface area contributed by atoms with Crippen molar-refractivity contribution in [1.29, 1.82) is 0 Å². The van der Waals surface area contributed by atoms with Gasteiger partial charge in [-0.2, -0.15) is 0 Å². The van der Waals surface area contributed by atoms with Crippen LogP contribution in [0.25, 0.3) is 0 Å². The van der Waals surface area contributed by atoms with Crippen molar-refractivity contribution in [2.24, 2.45) is 0 Å². The Labute approximate surface area is 152 Å². The average Bonchev–Trinajstić information content (AvgIpc) is 2.09. The fraction of sp³-hybridized carbons (Fsp3) is 0.250. The Morgan fingerprint density at radius 1 is 1.44 bits per heavy atom. The molecule has 0 bridgehead atoms. The predicted octanol–water partition coefficient (Wildman–Crippen LogP) is -0.00250. The summed E-state index contributed by atoms with van der Waals surface area (Å²) in [6, 6.07) is 4.52. The zero-order valence-electron chi connectivity index (χ0n) is 8.78. The van der Waals surface area contributed by atoms with E-state index < -0.39 is 6.72 Å². The maximum absolute atomic E-state index is 11.5. The summed E-state index contributed by atoms with van der Waals surface area (Å²) in [6.45, 7) is -1.61. The van der Waals surface area contributed by atoms with Crippen LogP contribution in [-0.2, 0) is 16.3 Å². The Kier molecular flexibility index (Phi) is 8.98. The van der Waals surface area contributed by atoms with Crippen LogP contribution in [-0.4, -0.2) is 6.61 Å². The van der Waals surface area contributed by atoms with Gasteiger partial charge in [0.15, 0.2) is 6.72 Å². The summed E-state index contributed by atoms with van der Waals surface area (Å²) in [5.74, 6) is 0.202. The Hall–Kier alpha value is 1.81. The molecule has 1 aromatic rings. The van der Waals surface area contributed by atoms with Crippen LogP contribution in [0.4, 0.5) is 0 Å². The third-order valence-corrected chi connectivity index (χ3v) is 3.46. The molecule has 0 saturated carbocycles. The first-order valence-corrected chi connectivity index (χ1v) is 7.36. The van der Waals surface area contributed by atoms with E-state index in [2.05, 4.69) is 11.8 Å². The Morgan fingerprint density at radius 3 is 2.56 bits per heavy atom. The van der Waals surface area contributed by atoms with Crippen molar-refractivity contribution in [2.45, 2.75) is 6.92 Å². The fourth-order valence-electron chi connectivity index (χ4n) is 0.854. The molecule has 0 spiro atoms. The smallest absolute Gasteiger partial charge is 0.770 e. The van der Waals surface area contributed by atoms with Crippen LogP contribution in [0.3, 0.4) is 0 Å². The topological polar surface area (TPSA) is 41.5 Å². The molecular weight excluding hydrogens is 317 g/mol. The van der Waals surface area contributed by atoms with Crippen molar-refractivity contribution in [3.05, 3.63) is 28.2 Å². The van der Waals surface area contributed by atoms with Crippen LogP contribution in [0.15, 0.2) is 18.2 Å². The van der Waals surface area contributed by atoms with Crippen LogP contribution in [0.5, 0.6) is 5.75 Å². The maximum atomic E-state index is 11.5. The molecule has 0 aliphatic rings. The first kappa shape index (κ1) is 17.8. The maximum Gasteiger partial charge on any atom is 1.00 e. The summed E-state index contributed by atoms with van der Waals surface area (Å²) in [7, 11) is 0. The zero-order chi connectivity index (χ0) is 11.5. The van der Waals surface area contributed by atoms with Crippen LogP contribution < -0.4 is 60.8 Å². The van der Waals surface area contributed by atoms with E-state index in [4.69, 9.17) is 32.2 Å². The van der Waals surface area contributed by atoms with Crippen molar-refractivity contribution >= 4 is 41.7 Å². The van der Waals surface area contributed by atoms with Gasteiger partial charge in [-0.1, -0.05) is 23.2 Å². The first-order valence-electron chi connectivity index (χ1n) is 4.05. The van der Waals surface area contributed by atoms with Gasteiger partial charge in [-0.25, -0.2) is 0 Å². The van der Waals surface area contributed by atoms with E-state index >= 15 is 0 Å². The average molecular weight is 325 g/mol. The molecule has 0 aromatic heterocycles. The second-order valence-corrected chi connectivity index (χ2v) is 6.05. The Morgan fingerprint density at radius 2 is 2.06 bits per heavy atom. The van der Waals surface area contributed by atoms with Crippen LogP contribution in [0.2, 0.25) is 10.0 Å². The second kappa shape index (κ2) is 8.07. The third-order valence-electron chi connectivity index (χ3n) is 1.39. The summed E-state index contributed by atoms with van der Waals surface area (Å²) in [4.78, 5) is 11.5. The van der Waals surface area contributed by atoms with Crippen LogP contribution >= 0.6 is 29.9 Å². The van der Waals surface area contributed by atoms with Gasteiger partial charge in [-0.05, 0) is 36.9 Å². The molecule has 0 aliphatic heterocycles. The monoisotopic (exact) mass is 324 g/mol. The van der Waals surface area contributed by atoms with E-state index in [1.807, 2.05) is 0 Å². The molecule has 0 amide bonds. The molecule has 0 radical (unpaired) electrons. The molecule has 1 unspecified atom stereocenters. The minimum Gasteiger partial charge on any atom is -0.770 e. The Balaban J connectivity index is 0.00000225. The van der Waals surface area contributed by atoms with Gasteiger partial charge in [0, 0.05) is 5.02 Å². The van der Waals surface area contributed by atoms with Gasteiger partial charge >= 0.3 is 51.4 Å². The second-order valence-electron chi connectivity index (χ2n) is 2.53. The van der Waals surface area contributed by atoms with E-state index in [1.165, 1.54) is 12.1 Å². The molecule has 0 N–H and O–H groups in total. The molecule has 1 atom stereocenters. The molecule has 0 fully saturated rings. The molecule has 8 heteroatoms. The molecule has 3 nitrogen and oxygen atoms in total. The van der Waals surface area contributed by atoms with Gasteiger partial charge in [0.2, 0.25) is 0 Å². The van der Waals surface area contributed by atoms with Gasteiger partial charge in [0.25, 0.3) is 0 Å². The summed E-state index contributed by atoms with van der Waals surface area (Å²) in [5, 5.41) is 0.704. The quantitative estimate of drug-likeness (QED) is 0.577.